The standard InChI is InChI=1S/C16H19ClN6O/c1-10(2)8-13(12-9-11(17)4-5-14(12)24-3)18-15-6-7-16-19-21-22-23(16)20-15/h4-7,9-10,13H,8H2,1-3H3,(H,18,20)/t13-/m1/s1. The van der Waals surface area contributed by atoms with Crippen LogP contribution in [0.3, 0.4) is 0 Å². The van der Waals surface area contributed by atoms with E-state index in [4.69, 9.17) is 16.3 Å². The van der Waals surface area contributed by atoms with Crippen molar-refractivity contribution < 1.29 is 4.74 Å². The van der Waals surface area contributed by atoms with Crippen LogP contribution in [0.15, 0.2) is 30.3 Å². The third-order valence-corrected chi connectivity index (χ3v) is 3.90. The van der Waals surface area contributed by atoms with Crippen LogP contribution in [0.25, 0.3) is 5.65 Å². The van der Waals surface area contributed by atoms with Gasteiger partial charge in [0.1, 0.15) is 11.6 Å². The Hall–Kier alpha value is -2.41. The lowest BCUT2D eigenvalue weighted by atomic mass is 9.96. The molecular weight excluding hydrogens is 328 g/mol. The Bertz CT molecular complexity index is 834. The summed E-state index contributed by atoms with van der Waals surface area (Å²) in [5, 5.41) is 19.8. The molecule has 1 atom stereocenters. The number of methoxy groups -OCH3 is 1. The van der Waals surface area contributed by atoms with Crippen molar-refractivity contribution in [3.8, 4) is 5.75 Å². The molecule has 0 radical (unpaired) electrons. The van der Waals surface area contributed by atoms with E-state index in [1.165, 1.54) is 4.63 Å². The van der Waals surface area contributed by atoms with Crippen LogP contribution in [-0.2, 0) is 0 Å². The van der Waals surface area contributed by atoms with Crippen molar-refractivity contribution in [2.45, 2.75) is 26.3 Å². The fourth-order valence-electron chi connectivity index (χ4n) is 2.62. The maximum atomic E-state index is 6.19. The Balaban J connectivity index is 1.95. The van der Waals surface area contributed by atoms with E-state index in [2.05, 4.69) is 39.8 Å². The molecule has 0 aliphatic heterocycles. The molecule has 24 heavy (non-hydrogen) atoms. The van der Waals surface area contributed by atoms with E-state index in [1.54, 1.807) is 7.11 Å². The van der Waals surface area contributed by atoms with Crippen molar-refractivity contribution in [2.24, 2.45) is 5.92 Å². The molecule has 0 saturated carbocycles. The first-order valence-corrected chi connectivity index (χ1v) is 8.10. The second kappa shape index (κ2) is 7.00. The van der Waals surface area contributed by atoms with Gasteiger partial charge in [0, 0.05) is 10.6 Å². The lowest BCUT2D eigenvalue weighted by Gasteiger charge is -2.23. The second-order valence-corrected chi connectivity index (χ2v) is 6.39. The predicted molar refractivity (Wildman–Crippen MR) is 92.4 cm³/mol. The predicted octanol–water partition coefficient (Wildman–Crippen LogP) is 3.38. The van der Waals surface area contributed by atoms with Gasteiger partial charge in [0.25, 0.3) is 0 Å². The van der Waals surface area contributed by atoms with Gasteiger partial charge in [0.2, 0.25) is 0 Å². The molecule has 0 bridgehead atoms. The zero-order valence-corrected chi connectivity index (χ0v) is 14.5. The number of nitrogens with zero attached hydrogens (tertiary/aromatic N) is 5. The molecule has 126 valence electrons. The molecule has 8 heteroatoms. The first-order valence-electron chi connectivity index (χ1n) is 7.72. The lowest BCUT2D eigenvalue weighted by molar-refractivity contribution is 0.402. The summed E-state index contributed by atoms with van der Waals surface area (Å²) in [5.41, 5.74) is 1.60. The van der Waals surface area contributed by atoms with Gasteiger partial charge in [0.15, 0.2) is 5.65 Å². The van der Waals surface area contributed by atoms with Gasteiger partial charge in [-0.3, -0.25) is 0 Å². The van der Waals surface area contributed by atoms with Crippen molar-refractivity contribution >= 4 is 23.1 Å². The summed E-state index contributed by atoms with van der Waals surface area (Å²) in [5.74, 6) is 1.95. The highest BCUT2D eigenvalue weighted by atomic mass is 35.5. The highest BCUT2D eigenvalue weighted by Gasteiger charge is 2.19. The minimum absolute atomic E-state index is 0.0000746. The average Bonchev–Trinajstić information content (AvgIpc) is 3.01. The van der Waals surface area contributed by atoms with Gasteiger partial charge in [-0.05, 0) is 53.1 Å². The number of rotatable bonds is 6. The summed E-state index contributed by atoms with van der Waals surface area (Å²) < 4.78 is 6.89. The third kappa shape index (κ3) is 3.56. The SMILES string of the molecule is COc1ccc(Cl)cc1[C@@H](CC(C)C)Nc1ccc2nnnn2n1. The molecule has 0 aliphatic carbocycles. The van der Waals surface area contributed by atoms with Crippen molar-refractivity contribution in [1.82, 2.24) is 25.3 Å². The van der Waals surface area contributed by atoms with Crippen molar-refractivity contribution in [3.63, 3.8) is 0 Å². The van der Waals surface area contributed by atoms with Crippen LogP contribution in [0, 0.1) is 5.92 Å². The van der Waals surface area contributed by atoms with Gasteiger partial charge in [-0.15, -0.1) is 14.8 Å². The van der Waals surface area contributed by atoms with Crippen molar-refractivity contribution in [1.29, 1.82) is 0 Å². The smallest absolute Gasteiger partial charge is 0.200 e. The Labute approximate surface area is 145 Å². The minimum Gasteiger partial charge on any atom is -0.496 e. The van der Waals surface area contributed by atoms with Gasteiger partial charge in [-0.2, -0.15) is 0 Å². The third-order valence-electron chi connectivity index (χ3n) is 3.67. The Morgan fingerprint density at radius 3 is 2.83 bits per heavy atom. The fourth-order valence-corrected chi connectivity index (χ4v) is 2.80. The van der Waals surface area contributed by atoms with Crippen LogP contribution in [-0.4, -0.2) is 32.4 Å². The topological polar surface area (TPSA) is 77.2 Å². The van der Waals surface area contributed by atoms with E-state index in [1.807, 2.05) is 30.3 Å². The van der Waals surface area contributed by atoms with Gasteiger partial charge in [-0.1, -0.05) is 25.4 Å². The van der Waals surface area contributed by atoms with Crippen LogP contribution in [0.1, 0.15) is 31.9 Å². The summed E-state index contributed by atoms with van der Waals surface area (Å²) in [7, 11) is 1.66. The van der Waals surface area contributed by atoms with E-state index in [0.29, 0.717) is 22.4 Å². The van der Waals surface area contributed by atoms with Crippen LogP contribution >= 0.6 is 11.6 Å². The fraction of sp³-hybridized carbons (Fsp3) is 0.375. The number of benzene rings is 1. The monoisotopic (exact) mass is 346 g/mol. The molecule has 3 aromatic rings. The molecule has 1 aromatic carbocycles. The molecule has 1 N–H and O–H groups in total. The molecule has 2 heterocycles. The van der Waals surface area contributed by atoms with Crippen LogP contribution in [0.4, 0.5) is 5.82 Å². The van der Waals surface area contributed by atoms with Crippen LogP contribution < -0.4 is 10.1 Å². The Kier molecular flexibility index (Phi) is 4.80. The summed E-state index contributed by atoms with van der Waals surface area (Å²) in [6, 6.07) is 9.30. The molecular formula is C16H19ClN6O. The molecule has 0 spiro atoms. The Morgan fingerprint density at radius 1 is 1.25 bits per heavy atom. The number of aromatic nitrogens is 5. The highest BCUT2D eigenvalue weighted by Crippen LogP contribution is 2.33. The van der Waals surface area contributed by atoms with E-state index in [-0.39, 0.29) is 6.04 Å². The highest BCUT2D eigenvalue weighted by molar-refractivity contribution is 6.30. The summed E-state index contributed by atoms with van der Waals surface area (Å²) in [4.78, 5) is 0. The maximum Gasteiger partial charge on any atom is 0.200 e. The number of hydrogen-bond acceptors (Lipinski definition) is 6. The molecule has 0 saturated heterocycles. The molecule has 2 aromatic heterocycles. The van der Waals surface area contributed by atoms with Gasteiger partial charge in [-0.25, -0.2) is 0 Å². The van der Waals surface area contributed by atoms with Crippen LogP contribution in [0.2, 0.25) is 5.02 Å². The number of tetrazole rings is 1. The lowest BCUT2D eigenvalue weighted by Crippen LogP contribution is -2.16. The van der Waals surface area contributed by atoms with Gasteiger partial charge < -0.3 is 10.1 Å². The van der Waals surface area contributed by atoms with Crippen LogP contribution in [0.5, 0.6) is 5.75 Å². The first kappa shape index (κ1) is 16.4. The van der Waals surface area contributed by atoms with Gasteiger partial charge in [0.05, 0.1) is 13.2 Å². The van der Waals surface area contributed by atoms with Crippen molar-refractivity contribution in [3.05, 3.63) is 40.9 Å². The van der Waals surface area contributed by atoms with E-state index >= 15 is 0 Å². The van der Waals surface area contributed by atoms with E-state index < -0.39 is 0 Å². The molecule has 3 rings (SSSR count). The largest absolute Gasteiger partial charge is 0.496 e. The average molecular weight is 347 g/mol. The molecule has 0 aliphatic rings. The van der Waals surface area contributed by atoms with Gasteiger partial charge >= 0.3 is 0 Å². The minimum atomic E-state index is 0.0000746. The molecule has 7 nitrogen and oxygen atoms in total. The Morgan fingerprint density at radius 2 is 2.08 bits per heavy atom. The number of ether oxygens (including phenoxy) is 1. The zero-order valence-electron chi connectivity index (χ0n) is 13.8. The number of anilines is 1. The summed E-state index contributed by atoms with van der Waals surface area (Å²) in [6.07, 6.45) is 0.895. The normalized spacial score (nSPS) is 12.5. The van der Waals surface area contributed by atoms with E-state index in [0.717, 1.165) is 17.7 Å². The maximum absolute atomic E-state index is 6.19. The molecule has 0 unspecified atom stereocenters. The summed E-state index contributed by atoms with van der Waals surface area (Å²) in [6.45, 7) is 4.34. The number of fused-ring (bicyclic) bond motifs is 1. The number of halogens is 1. The second-order valence-electron chi connectivity index (χ2n) is 5.96. The number of hydrogen-bond donors (Lipinski definition) is 1. The quantitative estimate of drug-likeness (QED) is 0.737. The molecule has 0 fully saturated rings. The summed E-state index contributed by atoms with van der Waals surface area (Å²) >= 11 is 6.19. The zero-order chi connectivity index (χ0) is 17.1. The van der Waals surface area contributed by atoms with Crippen molar-refractivity contribution in [2.75, 3.05) is 12.4 Å². The molecule has 0 amide bonds. The first-order chi connectivity index (χ1) is 11.6. The van der Waals surface area contributed by atoms with E-state index in [9.17, 15) is 0 Å². The number of nitrogens with one attached hydrogen (secondary N) is 1.